The number of aliphatic hydroxyl groups is 1. The van der Waals surface area contributed by atoms with Crippen molar-refractivity contribution < 1.29 is 14.6 Å². The van der Waals surface area contributed by atoms with Crippen molar-refractivity contribution in [2.45, 2.75) is 20.0 Å². The number of hydrogen-bond acceptors (Lipinski definition) is 3. The highest BCUT2D eigenvalue weighted by Crippen LogP contribution is 2.23. The summed E-state index contributed by atoms with van der Waals surface area (Å²) in [6, 6.07) is 5.44. The van der Waals surface area contributed by atoms with Crippen LogP contribution in [0.3, 0.4) is 0 Å². The smallest absolute Gasteiger partial charge is 0.147 e. The number of ketones is 1. The molecular formula is C12H15BrO3. The molecule has 3 nitrogen and oxygen atoms in total. The van der Waals surface area contributed by atoms with Crippen LogP contribution in [0.15, 0.2) is 18.2 Å². The summed E-state index contributed by atoms with van der Waals surface area (Å²) in [7, 11) is 0. The van der Waals surface area contributed by atoms with Gasteiger partial charge in [0.05, 0.1) is 18.5 Å². The Morgan fingerprint density at radius 1 is 1.50 bits per heavy atom. The molecule has 0 aliphatic carbocycles. The molecule has 0 unspecified atom stereocenters. The Kier molecular flexibility index (Phi) is 5.49. The van der Waals surface area contributed by atoms with Gasteiger partial charge < -0.3 is 9.84 Å². The minimum absolute atomic E-state index is 0.0712. The molecule has 88 valence electrons. The number of carbonyl (C=O) groups is 1. The van der Waals surface area contributed by atoms with Gasteiger partial charge in [-0.3, -0.25) is 4.79 Å². The average molecular weight is 287 g/mol. The first kappa shape index (κ1) is 13.2. The van der Waals surface area contributed by atoms with Gasteiger partial charge in [0.1, 0.15) is 11.5 Å². The summed E-state index contributed by atoms with van der Waals surface area (Å²) in [6.07, 6.45) is 0.289. The zero-order valence-corrected chi connectivity index (χ0v) is 10.8. The highest BCUT2D eigenvalue weighted by atomic mass is 79.9. The second kappa shape index (κ2) is 6.66. The van der Waals surface area contributed by atoms with Crippen molar-refractivity contribution in [3.63, 3.8) is 0 Å². The van der Waals surface area contributed by atoms with Crippen molar-refractivity contribution in [2.75, 3.05) is 11.9 Å². The number of ether oxygens (including phenoxy) is 1. The number of carbonyl (C=O) groups excluding carboxylic acids is 1. The first-order valence-corrected chi connectivity index (χ1v) is 6.27. The number of aliphatic hydroxyl groups excluding tert-OH is 1. The summed E-state index contributed by atoms with van der Waals surface area (Å²) in [5.74, 6) is 0.755. The number of hydrogen-bond donors (Lipinski definition) is 1. The van der Waals surface area contributed by atoms with E-state index in [4.69, 9.17) is 4.74 Å². The summed E-state index contributed by atoms with van der Waals surface area (Å²) in [4.78, 5) is 11.4. The van der Waals surface area contributed by atoms with Gasteiger partial charge in [0.15, 0.2) is 0 Å². The third-order valence-electron chi connectivity index (χ3n) is 2.22. The summed E-state index contributed by atoms with van der Waals surface area (Å²) < 4.78 is 5.45. The maximum absolute atomic E-state index is 11.4. The molecule has 0 saturated carbocycles. The minimum Gasteiger partial charge on any atom is -0.494 e. The molecular weight excluding hydrogens is 272 g/mol. The standard InChI is InChI=1S/C12H15BrO3/c1-2-16-12-5-3-4-9(8-14)11(12)6-10(15)7-13/h3-5,14H,2,6-8H2,1H3. The van der Waals surface area contributed by atoms with E-state index in [1.165, 1.54) is 0 Å². The molecule has 0 amide bonds. The molecule has 0 spiro atoms. The predicted molar refractivity (Wildman–Crippen MR) is 66.0 cm³/mol. The fraction of sp³-hybridized carbons (Fsp3) is 0.417. The first-order valence-electron chi connectivity index (χ1n) is 5.15. The lowest BCUT2D eigenvalue weighted by Gasteiger charge is -2.12. The average Bonchev–Trinajstić information content (AvgIpc) is 2.31. The van der Waals surface area contributed by atoms with Gasteiger partial charge in [-0.2, -0.15) is 0 Å². The van der Waals surface area contributed by atoms with Crippen molar-refractivity contribution in [1.82, 2.24) is 0 Å². The van der Waals surface area contributed by atoms with E-state index in [2.05, 4.69) is 15.9 Å². The topological polar surface area (TPSA) is 46.5 Å². The third-order valence-corrected chi connectivity index (χ3v) is 2.85. The monoisotopic (exact) mass is 286 g/mol. The minimum atomic E-state index is -0.0776. The molecule has 1 N–H and O–H groups in total. The first-order chi connectivity index (χ1) is 7.72. The molecule has 1 aromatic carbocycles. The fourth-order valence-corrected chi connectivity index (χ4v) is 1.69. The molecule has 0 aliphatic heterocycles. The summed E-state index contributed by atoms with van der Waals surface area (Å²) in [5.41, 5.74) is 1.54. The van der Waals surface area contributed by atoms with Gasteiger partial charge in [0.2, 0.25) is 0 Å². The highest BCUT2D eigenvalue weighted by Gasteiger charge is 2.12. The quantitative estimate of drug-likeness (QED) is 0.815. The molecule has 1 rings (SSSR count). The molecule has 0 fully saturated rings. The van der Waals surface area contributed by atoms with Crippen molar-refractivity contribution in [3.05, 3.63) is 29.3 Å². The maximum atomic E-state index is 11.4. The van der Waals surface area contributed by atoms with E-state index in [9.17, 15) is 9.90 Å². The van der Waals surface area contributed by atoms with Gasteiger partial charge in [0, 0.05) is 12.0 Å². The van der Waals surface area contributed by atoms with Crippen LogP contribution in [0.25, 0.3) is 0 Å². The maximum Gasteiger partial charge on any atom is 0.147 e. The van der Waals surface area contributed by atoms with Gasteiger partial charge in [-0.05, 0) is 18.6 Å². The zero-order chi connectivity index (χ0) is 12.0. The summed E-state index contributed by atoms with van der Waals surface area (Å²) in [6.45, 7) is 2.36. The highest BCUT2D eigenvalue weighted by molar-refractivity contribution is 9.09. The van der Waals surface area contributed by atoms with Crippen molar-refractivity contribution >= 4 is 21.7 Å². The Labute approximate surface area is 104 Å². The van der Waals surface area contributed by atoms with Crippen LogP contribution in [0.5, 0.6) is 5.75 Å². The van der Waals surface area contributed by atoms with Gasteiger partial charge >= 0.3 is 0 Å². The van der Waals surface area contributed by atoms with Crippen LogP contribution in [0.4, 0.5) is 0 Å². The van der Waals surface area contributed by atoms with E-state index in [0.717, 1.165) is 11.1 Å². The van der Waals surface area contributed by atoms with Gasteiger partial charge in [-0.1, -0.05) is 28.1 Å². The number of halogens is 1. The van der Waals surface area contributed by atoms with E-state index in [1.807, 2.05) is 19.1 Å². The molecule has 0 saturated heterocycles. The molecule has 0 radical (unpaired) electrons. The molecule has 0 atom stereocenters. The van der Waals surface area contributed by atoms with Crippen molar-refractivity contribution in [3.8, 4) is 5.75 Å². The van der Waals surface area contributed by atoms with Crippen LogP contribution in [0, 0.1) is 0 Å². The predicted octanol–water partition coefficient (Wildman–Crippen LogP) is 2.08. The lowest BCUT2D eigenvalue weighted by molar-refractivity contribution is -0.115. The van der Waals surface area contributed by atoms with Crippen LogP contribution in [0.1, 0.15) is 18.1 Å². The molecule has 0 aromatic heterocycles. The Bertz CT molecular complexity index is 363. The molecule has 1 aromatic rings. The Morgan fingerprint density at radius 3 is 2.81 bits per heavy atom. The second-order valence-electron chi connectivity index (χ2n) is 3.33. The van der Waals surface area contributed by atoms with Crippen LogP contribution < -0.4 is 4.74 Å². The lowest BCUT2D eigenvalue weighted by atomic mass is 10.0. The third kappa shape index (κ3) is 3.32. The Morgan fingerprint density at radius 2 is 2.25 bits per heavy atom. The SMILES string of the molecule is CCOc1cccc(CO)c1CC(=O)CBr. The van der Waals surface area contributed by atoms with Crippen molar-refractivity contribution in [2.24, 2.45) is 0 Å². The Balaban J connectivity index is 3.03. The fourth-order valence-electron chi connectivity index (χ4n) is 1.50. The largest absolute Gasteiger partial charge is 0.494 e. The number of benzene rings is 1. The zero-order valence-electron chi connectivity index (χ0n) is 9.20. The molecule has 0 aliphatic rings. The normalized spacial score (nSPS) is 10.2. The van der Waals surface area contributed by atoms with E-state index in [1.54, 1.807) is 6.07 Å². The molecule has 4 heteroatoms. The summed E-state index contributed by atoms with van der Waals surface area (Å²) in [5, 5.41) is 9.54. The van der Waals surface area contributed by atoms with Gasteiger partial charge in [-0.25, -0.2) is 0 Å². The molecule has 16 heavy (non-hydrogen) atoms. The van der Waals surface area contributed by atoms with E-state index >= 15 is 0 Å². The van der Waals surface area contributed by atoms with Crippen LogP contribution in [-0.4, -0.2) is 22.8 Å². The lowest BCUT2D eigenvalue weighted by Crippen LogP contribution is -2.09. The van der Waals surface area contributed by atoms with Crippen LogP contribution in [-0.2, 0) is 17.8 Å². The number of alkyl halides is 1. The molecule has 0 bridgehead atoms. The van der Waals surface area contributed by atoms with E-state index < -0.39 is 0 Å². The number of Topliss-reactive ketones (excluding diaryl/α,β-unsaturated/α-hetero) is 1. The van der Waals surface area contributed by atoms with E-state index in [0.29, 0.717) is 17.7 Å². The molecule has 0 heterocycles. The van der Waals surface area contributed by atoms with Gasteiger partial charge in [0.25, 0.3) is 0 Å². The van der Waals surface area contributed by atoms with Gasteiger partial charge in [-0.15, -0.1) is 0 Å². The Hall–Kier alpha value is -0.870. The van der Waals surface area contributed by atoms with E-state index in [-0.39, 0.29) is 18.8 Å². The second-order valence-corrected chi connectivity index (χ2v) is 3.89. The van der Waals surface area contributed by atoms with Crippen molar-refractivity contribution in [1.29, 1.82) is 0 Å². The van der Waals surface area contributed by atoms with Crippen LogP contribution in [0.2, 0.25) is 0 Å². The summed E-state index contributed by atoms with van der Waals surface area (Å²) >= 11 is 3.13. The van der Waals surface area contributed by atoms with Crippen LogP contribution >= 0.6 is 15.9 Å². The number of rotatable bonds is 6.